The molecule has 0 bridgehead atoms. The van der Waals surface area contributed by atoms with E-state index in [1.54, 1.807) is 18.1 Å². The number of carbonyl (C=O) groups excluding carboxylic acids is 2. The van der Waals surface area contributed by atoms with Gasteiger partial charge in [0.2, 0.25) is 11.8 Å². The van der Waals surface area contributed by atoms with Gasteiger partial charge in [0, 0.05) is 26.1 Å². The molecule has 2 amide bonds. The number of ether oxygens (including phenoxy) is 1. The van der Waals surface area contributed by atoms with Crippen LogP contribution in [-0.4, -0.2) is 73.5 Å². The van der Waals surface area contributed by atoms with E-state index in [0.717, 1.165) is 29.7 Å². The summed E-state index contributed by atoms with van der Waals surface area (Å²) in [5.41, 5.74) is 2.36. The van der Waals surface area contributed by atoms with Gasteiger partial charge in [-0.3, -0.25) is 9.59 Å². The average Bonchev–Trinajstić information content (AvgIpc) is 3.42. The molecule has 0 aliphatic carbocycles. The minimum absolute atomic E-state index is 0.00000520. The Morgan fingerprint density at radius 1 is 1.13 bits per heavy atom. The van der Waals surface area contributed by atoms with Gasteiger partial charge in [0.1, 0.15) is 11.8 Å². The van der Waals surface area contributed by atoms with Gasteiger partial charge in [-0.1, -0.05) is 18.2 Å². The number of aryl methyl sites for hydroxylation is 1. The highest BCUT2D eigenvalue weighted by atomic mass is 16.5. The molecule has 0 spiro atoms. The average molecular weight is 522 g/mol. The van der Waals surface area contributed by atoms with E-state index in [4.69, 9.17) is 9.15 Å². The third kappa shape index (κ3) is 6.49. The molecule has 4 rings (SSSR count). The predicted octanol–water partition coefficient (Wildman–Crippen LogP) is 2.33. The maximum absolute atomic E-state index is 13.4. The Hall–Kier alpha value is -3.92. The first-order valence-electron chi connectivity index (χ1n) is 12.8. The molecular weight excluding hydrogens is 486 g/mol. The third-order valence-corrected chi connectivity index (χ3v) is 6.72. The highest BCUT2D eigenvalue weighted by Crippen LogP contribution is 2.21. The number of methoxy groups -OCH3 is 1. The van der Waals surface area contributed by atoms with Crippen LogP contribution >= 0.6 is 0 Å². The summed E-state index contributed by atoms with van der Waals surface area (Å²) in [6.07, 6.45) is 2.34. The molecule has 2 N–H and O–H groups in total. The van der Waals surface area contributed by atoms with Crippen molar-refractivity contribution < 1.29 is 18.7 Å². The molecule has 3 aromatic rings. The van der Waals surface area contributed by atoms with Crippen LogP contribution in [0.15, 0.2) is 45.6 Å². The SMILES string of the molecule is COc1ccc(CC(Nc2nc3ccc(CNC(=O)CN(C)C)c(C)c3c(=O)o2)C(=O)N2CCCC2)cc1. The Kier molecular flexibility index (Phi) is 8.62. The predicted molar refractivity (Wildman–Crippen MR) is 145 cm³/mol. The summed E-state index contributed by atoms with van der Waals surface area (Å²) < 4.78 is 10.8. The fourth-order valence-corrected chi connectivity index (χ4v) is 4.66. The molecule has 2 aromatic carbocycles. The second-order valence-corrected chi connectivity index (χ2v) is 9.85. The van der Waals surface area contributed by atoms with Crippen LogP contribution in [0.25, 0.3) is 10.9 Å². The maximum atomic E-state index is 13.4. The van der Waals surface area contributed by atoms with Gasteiger partial charge in [-0.05, 0) is 68.8 Å². The number of hydrogen-bond acceptors (Lipinski definition) is 8. The molecule has 10 nitrogen and oxygen atoms in total. The number of fused-ring (bicyclic) bond motifs is 1. The molecule has 1 unspecified atom stereocenters. The highest BCUT2D eigenvalue weighted by Gasteiger charge is 2.28. The number of benzene rings is 2. The van der Waals surface area contributed by atoms with Crippen LogP contribution in [-0.2, 0) is 22.6 Å². The lowest BCUT2D eigenvalue weighted by atomic mass is 10.0. The molecule has 10 heteroatoms. The monoisotopic (exact) mass is 521 g/mol. The minimum Gasteiger partial charge on any atom is -0.497 e. The molecule has 1 atom stereocenters. The van der Waals surface area contributed by atoms with Crippen LogP contribution < -0.4 is 21.0 Å². The fraction of sp³-hybridized carbons (Fsp3) is 0.429. The van der Waals surface area contributed by atoms with Gasteiger partial charge in [0.15, 0.2) is 0 Å². The van der Waals surface area contributed by atoms with E-state index >= 15 is 0 Å². The summed E-state index contributed by atoms with van der Waals surface area (Å²) in [5.74, 6) is 0.575. The second kappa shape index (κ2) is 12.1. The van der Waals surface area contributed by atoms with Gasteiger partial charge in [-0.2, -0.15) is 4.98 Å². The lowest BCUT2D eigenvalue weighted by Crippen LogP contribution is -2.43. The third-order valence-electron chi connectivity index (χ3n) is 6.72. The van der Waals surface area contributed by atoms with Crippen molar-refractivity contribution in [2.45, 2.75) is 38.8 Å². The molecular formula is C28H35N5O5. The van der Waals surface area contributed by atoms with E-state index in [-0.39, 0.29) is 24.4 Å². The summed E-state index contributed by atoms with van der Waals surface area (Å²) in [6.45, 7) is 3.80. The van der Waals surface area contributed by atoms with E-state index < -0.39 is 11.7 Å². The van der Waals surface area contributed by atoms with Gasteiger partial charge < -0.3 is 29.6 Å². The summed E-state index contributed by atoms with van der Waals surface area (Å²) in [7, 11) is 5.25. The summed E-state index contributed by atoms with van der Waals surface area (Å²) in [4.78, 5) is 46.6. The maximum Gasteiger partial charge on any atom is 0.348 e. The van der Waals surface area contributed by atoms with Crippen LogP contribution in [0.2, 0.25) is 0 Å². The Morgan fingerprint density at radius 3 is 2.50 bits per heavy atom. The van der Waals surface area contributed by atoms with Crippen molar-refractivity contribution >= 4 is 28.7 Å². The van der Waals surface area contributed by atoms with Crippen molar-refractivity contribution in [2.24, 2.45) is 0 Å². The first-order chi connectivity index (χ1) is 18.2. The Bertz CT molecular complexity index is 1350. The number of likely N-dealkylation sites (tertiary alicyclic amines) is 1. The highest BCUT2D eigenvalue weighted by molar-refractivity contribution is 5.86. The molecule has 0 radical (unpaired) electrons. The zero-order valence-electron chi connectivity index (χ0n) is 22.4. The van der Waals surface area contributed by atoms with Crippen LogP contribution in [0.4, 0.5) is 6.01 Å². The molecule has 1 aliphatic heterocycles. The lowest BCUT2D eigenvalue weighted by molar-refractivity contribution is -0.131. The number of rotatable bonds is 10. The van der Waals surface area contributed by atoms with Gasteiger partial charge >= 0.3 is 5.63 Å². The van der Waals surface area contributed by atoms with Crippen LogP contribution in [0.1, 0.15) is 29.5 Å². The number of likely N-dealkylation sites (N-methyl/N-ethyl adjacent to an activating group) is 1. The quantitative estimate of drug-likeness (QED) is 0.418. The van der Waals surface area contributed by atoms with E-state index in [1.807, 2.05) is 56.3 Å². The molecule has 1 fully saturated rings. The van der Waals surface area contributed by atoms with E-state index in [0.29, 0.717) is 42.5 Å². The number of carbonyl (C=O) groups is 2. The van der Waals surface area contributed by atoms with Crippen LogP contribution in [0, 0.1) is 6.92 Å². The van der Waals surface area contributed by atoms with E-state index in [2.05, 4.69) is 15.6 Å². The van der Waals surface area contributed by atoms with Crippen LogP contribution in [0.5, 0.6) is 5.75 Å². The first-order valence-corrected chi connectivity index (χ1v) is 12.8. The standard InChI is InChI=1S/C28H35N5O5/c1-18-20(16-29-24(34)17-32(2)3)9-12-22-25(18)27(36)38-28(30-22)31-23(26(35)33-13-5-6-14-33)15-19-7-10-21(37-4)11-8-19/h7-12,23H,5-6,13-17H2,1-4H3,(H,29,34)(H,30,31). The lowest BCUT2D eigenvalue weighted by Gasteiger charge is -2.24. The van der Waals surface area contributed by atoms with Gasteiger partial charge in [-0.25, -0.2) is 4.79 Å². The normalized spacial score (nSPS) is 14.1. The smallest absolute Gasteiger partial charge is 0.348 e. The first kappa shape index (κ1) is 27.1. The van der Waals surface area contributed by atoms with Crippen molar-refractivity contribution in [3.05, 3.63) is 63.5 Å². The Labute approximate surface area is 222 Å². The van der Waals surface area contributed by atoms with Crippen molar-refractivity contribution in [2.75, 3.05) is 46.2 Å². The molecule has 2 heterocycles. The summed E-state index contributed by atoms with van der Waals surface area (Å²) in [6, 6.07) is 10.5. The number of anilines is 1. The van der Waals surface area contributed by atoms with Crippen molar-refractivity contribution in [3.8, 4) is 5.75 Å². The van der Waals surface area contributed by atoms with Gasteiger partial charge in [0.05, 0.1) is 24.6 Å². The number of aromatic nitrogens is 1. The van der Waals surface area contributed by atoms with Gasteiger partial charge in [0.25, 0.3) is 6.01 Å². The van der Waals surface area contributed by atoms with Crippen molar-refractivity contribution in [1.29, 1.82) is 0 Å². The number of amides is 2. The zero-order chi connectivity index (χ0) is 27.2. The summed E-state index contributed by atoms with van der Waals surface area (Å²) >= 11 is 0. The molecule has 1 saturated heterocycles. The minimum atomic E-state index is -0.651. The van der Waals surface area contributed by atoms with E-state index in [1.165, 1.54) is 0 Å². The number of hydrogen-bond donors (Lipinski definition) is 2. The van der Waals surface area contributed by atoms with Crippen molar-refractivity contribution in [1.82, 2.24) is 20.1 Å². The molecule has 1 aliphatic rings. The van der Waals surface area contributed by atoms with Gasteiger partial charge in [-0.15, -0.1) is 0 Å². The topological polar surface area (TPSA) is 117 Å². The summed E-state index contributed by atoms with van der Waals surface area (Å²) in [5, 5.41) is 6.32. The number of nitrogens with zero attached hydrogens (tertiary/aromatic N) is 3. The van der Waals surface area contributed by atoms with Crippen LogP contribution in [0.3, 0.4) is 0 Å². The van der Waals surface area contributed by atoms with Crippen molar-refractivity contribution in [3.63, 3.8) is 0 Å². The molecule has 0 saturated carbocycles. The largest absolute Gasteiger partial charge is 0.497 e. The molecule has 202 valence electrons. The molecule has 38 heavy (non-hydrogen) atoms. The fourth-order valence-electron chi connectivity index (χ4n) is 4.66. The van der Waals surface area contributed by atoms with E-state index in [9.17, 15) is 14.4 Å². The second-order valence-electron chi connectivity index (χ2n) is 9.85. The Morgan fingerprint density at radius 2 is 1.84 bits per heavy atom. The zero-order valence-corrected chi connectivity index (χ0v) is 22.4. The molecule has 1 aromatic heterocycles. The Balaban J connectivity index is 1.57. The number of nitrogens with one attached hydrogen (secondary N) is 2.